The smallest absolute Gasteiger partial charge is 0.423 e. The van der Waals surface area contributed by atoms with E-state index >= 15 is 0 Å². The number of hydrogen-bond donors (Lipinski definition) is 2. The first-order valence-electron chi connectivity index (χ1n) is 8.52. The van der Waals surface area contributed by atoms with Crippen molar-refractivity contribution in [2.24, 2.45) is 0 Å². The van der Waals surface area contributed by atoms with Crippen molar-refractivity contribution in [2.45, 2.75) is 0 Å². The van der Waals surface area contributed by atoms with Crippen molar-refractivity contribution in [1.82, 2.24) is 0 Å². The summed E-state index contributed by atoms with van der Waals surface area (Å²) in [6, 6.07) is 31.9. The fourth-order valence-corrected chi connectivity index (χ4v) is 3.16. The molecule has 26 heavy (non-hydrogen) atoms. The Bertz CT molecular complexity index is 1030. The SMILES string of the molecule is OB(O)c1cccc(N(c2ccccc2)c2ccc3ccccc3c2)c1. The van der Waals surface area contributed by atoms with E-state index in [1.54, 1.807) is 12.1 Å². The molecule has 0 aliphatic rings. The van der Waals surface area contributed by atoms with E-state index in [1.165, 1.54) is 5.39 Å². The molecule has 0 saturated heterocycles. The Kier molecular flexibility index (Phi) is 4.44. The number of para-hydroxylation sites is 1. The number of fused-ring (bicyclic) bond motifs is 1. The molecule has 0 aromatic heterocycles. The quantitative estimate of drug-likeness (QED) is 0.553. The van der Waals surface area contributed by atoms with Crippen molar-refractivity contribution in [2.75, 3.05) is 4.90 Å². The minimum atomic E-state index is -1.50. The molecule has 3 nitrogen and oxygen atoms in total. The van der Waals surface area contributed by atoms with Crippen LogP contribution in [0.3, 0.4) is 0 Å². The topological polar surface area (TPSA) is 43.7 Å². The molecule has 0 atom stereocenters. The summed E-state index contributed by atoms with van der Waals surface area (Å²) in [6.07, 6.45) is 0. The summed E-state index contributed by atoms with van der Waals surface area (Å²) in [7, 11) is -1.50. The number of rotatable bonds is 4. The Morgan fingerprint density at radius 1 is 0.538 bits per heavy atom. The number of anilines is 3. The lowest BCUT2D eigenvalue weighted by Crippen LogP contribution is -2.30. The highest BCUT2D eigenvalue weighted by Crippen LogP contribution is 2.35. The number of benzene rings is 4. The Labute approximate surface area is 152 Å². The fourth-order valence-electron chi connectivity index (χ4n) is 3.16. The molecule has 4 aromatic rings. The molecular formula is C22H18BNO2. The molecule has 126 valence electrons. The molecule has 0 bridgehead atoms. The average molecular weight is 339 g/mol. The van der Waals surface area contributed by atoms with Crippen LogP contribution in [-0.2, 0) is 0 Å². The van der Waals surface area contributed by atoms with Crippen molar-refractivity contribution in [3.63, 3.8) is 0 Å². The summed E-state index contributed by atoms with van der Waals surface area (Å²) in [5.74, 6) is 0. The van der Waals surface area contributed by atoms with Gasteiger partial charge in [0.2, 0.25) is 0 Å². The molecule has 0 saturated carbocycles. The zero-order valence-electron chi connectivity index (χ0n) is 14.2. The standard InChI is InChI=1S/C22H18BNO2/c25-23(26)19-9-6-12-21(16-19)24(20-10-2-1-3-11-20)22-14-13-17-7-4-5-8-18(17)15-22/h1-16,25-26H. The fraction of sp³-hybridized carbons (Fsp3) is 0. The van der Waals surface area contributed by atoms with Gasteiger partial charge in [0.05, 0.1) is 0 Å². The normalized spacial score (nSPS) is 10.7. The van der Waals surface area contributed by atoms with E-state index in [0.717, 1.165) is 22.4 Å². The minimum Gasteiger partial charge on any atom is -0.423 e. The van der Waals surface area contributed by atoms with Crippen molar-refractivity contribution in [3.05, 3.63) is 97.1 Å². The molecule has 0 heterocycles. The Morgan fingerprint density at radius 3 is 1.96 bits per heavy atom. The van der Waals surface area contributed by atoms with E-state index in [1.807, 2.05) is 54.6 Å². The van der Waals surface area contributed by atoms with Crippen LogP contribution >= 0.6 is 0 Å². The summed E-state index contributed by atoms with van der Waals surface area (Å²) in [6.45, 7) is 0. The van der Waals surface area contributed by atoms with Crippen LogP contribution in [0.2, 0.25) is 0 Å². The molecule has 0 aliphatic carbocycles. The Hall–Kier alpha value is -3.08. The van der Waals surface area contributed by atoms with Crippen LogP contribution in [0, 0.1) is 0 Å². The highest BCUT2D eigenvalue weighted by atomic mass is 16.4. The van der Waals surface area contributed by atoms with Gasteiger partial charge in [0, 0.05) is 17.1 Å². The van der Waals surface area contributed by atoms with Gasteiger partial charge in [-0.3, -0.25) is 0 Å². The van der Waals surface area contributed by atoms with Gasteiger partial charge in [-0.1, -0.05) is 60.7 Å². The lowest BCUT2D eigenvalue weighted by Gasteiger charge is -2.26. The van der Waals surface area contributed by atoms with Gasteiger partial charge in [0.15, 0.2) is 0 Å². The van der Waals surface area contributed by atoms with Gasteiger partial charge in [-0.25, -0.2) is 0 Å². The molecule has 4 aromatic carbocycles. The molecule has 4 rings (SSSR count). The van der Waals surface area contributed by atoms with Crippen LogP contribution in [0.15, 0.2) is 97.1 Å². The molecule has 0 spiro atoms. The van der Waals surface area contributed by atoms with Crippen LogP contribution in [0.25, 0.3) is 10.8 Å². The second-order valence-electron chi connectivity index (χ2n) is 6.17. The van der Waals surface area contributed by atoms with Crippen molar-refractivity contribution in [1.29, 1.82) is 0 Å². The Balaban J connectivity index is 1.89. The third-order valence-corrected chi connectivity index (χ3v) is 4.43. The molecule has 0 aliphatic heterocycles. The first kappa shape index (κ1) is 16.4. The molecule has 4 heteroatoms. The van der Waals surface area contributed by atoms with Gasteiger partial charge in [-0.05, 0) is 52.6 Å². The van der Waals surface area contributed by atoms with Gasteiger partial charge >= 0.3 is 7.12 Å². The van der Waals surface area contributed by atoms with Gasteiger partial charge in [0.25, 0.3) is 0 Å². The summed E-state index contributed by atoms with van der Waals surface area (Å²) in [4.78, 5) is 2.11. The zero-order valence-corrected chi connectivity index (χ0v) is 14.2. The highest BCUT2D eigenvalue weighted by Gasteiger charge is 2.16. The molecular weight excluding hydrogens is 321 g/mol. The lowest BCUT2D eigenvalue weighted by molar-refractivity contribution is 0.426. The second kappa shape index (κ2) is 7.04. The van der Waals surface area contributed by atoms with Crippen molar-refractivity contribution in [3.8, 4) is 0 Å². The zero-order chi connectivity index (χ0) is 17.9. The Morgan fingerprint density at radius 2 is 1.19 bits per heavy atom. The van der Waals surface area contributed by atoms with Crippen LogP contribution in [0.1, 0.15) is 0 Å². The maximum atomic E-state index is 9.55. The first-order valence-corrected chi connectivity index (χ1v) is 8.52. The first-order chi connectivity index (χ1) is 12.7. The number of hydrogen-bond acceptors (Lipinski definition) is 3. The minimum absolute atomic E-state index is 0.462. The summed E-state index contributed by atoms with van der Waals surface area (Å²) < 4.78 is 0. The van der Waals surface area contributed by atoms with E-state index in [9.17, 15) is 10.0 Å². The second-order valence-corrected chi connectivity index (χ2v) is 6.17. The summed E-state index contributed by atoms with van der Waals surface area (Å²) in [5.41, 5.74) is 3.35. The van der Waals surface area contributed by atoms with Crippen LogP contribution in [-0.4, -0.2) is 17.2 Å². The maximum absolute atomic E-state index is 9.55. The van der Waals surface area contributed by atoms with E-state index < -0.39 is 7.12 Å². The molecule has 0 fully saturated rings. The van der Waals surface area contributed by atoms with Crippen LogP contribution in [0.5, 0.6) is 0 Å². The van der Waals surface area contributed by atoms with E-state index in [-0.39, 0.29) is 0 Å². The average Bonchev–Trinajstić information content (AvgIpc) is 2.69. The van der Waals surface area contributed by atoms with Gasteiger partial charge in [-0.2, -0.15) is 0 Å². The molecule has 0 radical (unpaired) electrons. The van der Waals surface area contributed by atoms with E-state index in [4.69, 9.17) is 0 Å². The van der Waals surface area contributed by atoms with Gasteiger partial charge in [0.1, 0.15) is 0 Å². The van der Waals surface area contributed by atoms with Crippen LogP contribution in [0.4, 0.5) is 17.1 Å². The van der Waals surface area contributed by atoms with Crippen molar-refractivity contribution < 1.29 is 10.0 Å². The lowest BCUT2D eigenvalue weighted by atomic mass is 9.80. The van der Waals surface area contributed by atoms with Crippen molar-refractivity contribution >= 4 is 40.4 Å². The largest absolute Gasteiger partial charge is 0.488 e. The third kappa shape index (κ3) is 3.20. The number of nitrogens with zero attached hydrogens (tertiary/aromatic N) is 1. The predicted octanol–water partition coefficient (Wildman–Crippen LogP) is 3.99. The van der Waals surface area contributed by atoms with E-state index in [2.05, 4.69) is 35.2 Å². The van der Waals surface area contributed by atoms with Gasteiger partial charge < -0.3 is 14.9 Å². The molecule has 0 unspecified atom stereocenters. The third-order valence-electron chi connectivity index (χ3n) is 4.43. The van der Waals surface area contributed by atoms with Crippen LogP contribution < -0.4 is 10.4 Å². The predicted molar refractivity (Wildman–Crippen MR) is 108 cm³/mol. The van der Waals surface area contributed by atoms with E-state index in [0.29, 0.717) is 5.46 Å². The van der Waals surface area contributed by atoms with Gasteiger partial charge in [-0.15, -0.1) is 0 Å². The monoisotopic (exact) mass is 339 g/mol. The summed E-state index contributed by atoms with van der Waals surface area (Å²) >= 11 is 0. The summed E-state index contributed by atoms with van der Waals surface area (Å²) in [5, 5.41) is 21.4. The molecule has 0 amide bonds. The highest BCUT2D eigenvalue weighted by molar-refractivity contribution is 6.58. The molecule has 2 N–H and O–H groups in total. The maximum Gasteiger partial charge on any atom is 0.488 e.